The summed E-state index contributed by atoms with van der Waals surface area (Å²) < 4.78 is 11.7. The van der Waals surface area contributed by atoms with E-state index >= 15 is 0 Å². The molecule has 0 spiro atoms. The minimum atomic E-state index is -0.904. The van der Waals surface area contributed by atoms with Crippen LogP contribution in [-0.2, 0) is 20.9 Å². The Morgan fingerprint density at radius 2 is 1.93 bits per heavy atom. The Balaban J connectivity index is 2.37. The average molecular weight is 407 g/mol. The van der Waals surface area contributed by atoms with Gasteiger partial charge in [-0.2, -0.15) is 15.6 Å². The van der Waals surface area contributed by atoms with Crippen LogP contribution in [0.3, 0.4) is 0 Å². The molecule has 9 nitrogen and oxygen atoms in total. The maximum atomic E-state index is 12.2. The molecular formula is C21H21N5O4. The van der Waals surface area contributed by atoms with Gasteiger partial charge in [0.25, 0.3) is 5.91 Å². The maximum Gasteiger partial charge on any atom is 0.349 e. The van der Waals surface area contributed by atoms with E-state index in [4.69, 9.17) is 14.7 Å². The van der Waals surface area contributed by atoms with Crippen LogP contribution in [0.2, 0.25) is 0 Å². The van der Waals surface area contributed by atoms with Crippen molar-refractivity contribution in [3.8, 4) is 29.1 Å². The van der Waals surface area contributed by atoms with Gasteiger partial charge >= 0.3 is 5.97 Å². The number of ether oxygens (including phenoxy) is 2. The van der Waals surface area contributed by atoms with E-state index in [-0.39, 0.29) is 12.0 Å². The SMILES string of the molecule is COc1ccc(-c2nn(CCC#N)cc2/C=C(\C#N)C(=O)OCC(=O)N(C)C)cc1. The number of benzene rings is 1. The van der Waals surface area contributed by atoms with E-state index in [1.165, 1.54) is 25.1 Å². The normalized spacial score (nSPS) is 10.6. The summed E-state index contributed by atoms with van der Waals surface area (Å²) in [6.45, 7) is -0.102. The zero-order chi connectivity index (χ0) is 22.1. The smallest absolute Gasteiger partial charge is 0.349 e. The lowest BCUT2D eigenvalue weighted by atomic mass is 10.1. The van der Waals surface area contributed by atoms with Crippen molar-refractivity contribution in [2.75, 3.05) is 27.8 Å². The van der Waals surface area contributed by atoms with Gasteiger partial charge in [0.1, 0.15) is 17.4 Å². The Morgan fingerprint density at radius 3 is 2.50 bits per heavy atom. The van der Waals surface area contributed by atoms with Crippen molar-refractivity contribution >= 4 is 18.0 Å². The fraction of sp³-hybridized carbons (Fsp3) is 0.286. The number of methoxy groups -OCH3 is 1. The summed E-state index contributed by atoms with van der Waals surface area (Å²) in [5, 5.41) is 22.7. The highest BCUT2D eigenvalue weighted by Crippen LogP contribution is 2.26. The molecule has 0 aliphatic carbocycles. The second-order valence-electron chi connectivity index (χ2n) is 6.37. The molecule has 1 amide bonds. The molecule has 0 atom stereocenters. The van der Waals surface area contributed by atoms with Crippen LogP contribution < -0.4 is 4.74 Å². The molecule has 0 bridgehead atoms. The van der Waals surface area contributed by atoms with Crippen LogP contribution in [-0.4, -0.2) is 54.4 Å². The molecule has 0 aliphatic heterocycles. The fourth-order valence-electron chi connectivity index (χ4n) is 2.42. The lowest BCUT2D eigenvalue weighted by molar-refractivity contribution is -0.147. The third-order valence-corrected chi connectivity index (χ3v) is 4.07. The van der Waals surface area contributed by atoms with Gasteiger partial charge in [-0.25, -0.2) is 4.79 Å². The number of aryl methyl sites for hydroxylation is 1. The molecule has 30 heavy (non-hydrogen) atoms. The van der Waals surface area contributed by atoms with Crippen molar-refractivity contribution in [2.24, 2.45) is 0 Å². The van der Waals surface area contributed by atoms with Gasteiger partial charge in [0, 0.05) is 31.4 Å². The minimum absolute atomic E-state index is 0.257. The Morgan fingerprint density at radius 1 is 1.23 bits per heavy atom. The molecule has 0 saturated heterocycles. The van der Waals surface area contributed by atoms with Crippen LogP contribution in [0, 0.1) is 22.7 Å². The number of nitriles is 2. The van der Waals surface area contributed by atoms with Gasteiger partial charge in [-0.3, -0.25) is 9.48 Å². The van der Waals surface area contributed by atoms with Gasteiger partial charge in [-0.05, 0) is 30.3 Å². The highest BCUT2D eigenvalue weighted by atomic mass is 16.5. The standard InChI is InChI=1S/C21H21N5O4/c1-25(2)19(27)14-30-21(28)16(12-23)11-17-13-26(10-4-9-22)24-20(17)15-5-7-18(29-3)8-6-15/h5-8,11,13H,4,10,14H2,1-3H3/b16-11+. The number of esters is 1. The molecule has 1 aromatic carbocycles. The second kappa shape index (κ2) is 10.4. The Kier molecular flexibility index (Phi) is 7.72. The van der Waals surface area contributed by atoms with E-state index in [2.05, 4.69) is 11.2 Å². The molecule has 2 rings (SSSR count). The molecule has 2 aromatic rings. The van der Waals surface area contributed by atoms with Gasteiger partial charge < -0.3 is 14.4 Å². The monoisotopic (exact) mass is 407 g/mol. The molecule has 0 saturated carbocycles. The summed E-state index contributed by atoms with van der Waals surface area (Å²) in [7, 11) is 4.63. The number of carbonyl (C=O) groups excluding carboxylic acids is 2. The van der Waals surface area contributed by atoms with E-state index in [9.17, 15) is 14.9 Å². The number of nitrogens with zero attached hydrogens (tertiary/aromatic N) is 5. The summed E-state index contributed by atoms with van der Waals surface area (Å²) in [5.41, 5.74) is 1.51. The first-order chi connectivity index (χ1) is 14.4. The number of hydrogen-bond donors (Lipinski definition) is 0. The molecule has 0 unspecified atom stereocenters. The number of hydrogen-bond acceptors (Lipinski definition) is 7. The summed E-state index contributed by atoms with van der Waals surface area (Å²) in [6.07, 6.45) is 3.26. The van der Waals surface area contributed by atoms with Crippen molar-refractivity contribution in [2.45, 2.75) is 13.0 Å². The predicted molar refractivity (Wildman–Crippen MR) is 108 cm³/mol. The van der Waals surface area contributed by atoms with Crippen molar-refractivity contribution in [1.82, 2.24) is 14.7 Å². The first-order valence-corrected chi connectivity index (χ1v) is 8.97. The Labute approximate surface area is 174 Å². The molecule has 0 radical (unpaired) electrons. The summed E-state index contributed by atoms with van der Waals surface area (Å²) >= 11 is 0. The molecule has 0 aliphatic rings. The summed E-state index contributed by atoms with van der Waals surface area (Å²) in [6, 6.07) is 11.0. The molecule has 0 N–H and O–H groups in total. The molecule has 9 heteroatoms. The highest BCUT2D eigenvalue weighted by molar-refractivity contribution is 5.99. The third-order valence-electron chi connectivity index (χ3n) is 4.07. The van der Waals surface area contributed by atoms with Crippen LogP contribution in [0.1, 0.15) is 12.0 Å². The van der Waals surface area contributed by atoms with Gasteiger partial charge in [0.2, 0.25) is 0 Å². The Bertz CT molecular complexity index is 1020. The summed E-state index contributed by atoms with van der Waals surface area (Å²) in [4.78, 5) is 25.1. The predicted octanol–water partition coefficient (Wildman–Crippen LogP) is 2.01. The lowest BCUT2D eigenvalue weighted by Gasteiger charge is -2.10. The number of carbonyl (C=O) groups is 2. The van der Waals surface area contributed by atoms with Gasteiger partial charge in [-0.15, -0.1) is 0 Å². The first-order valence-electron chi connectivity index (χ1n) is 8.97. The molecule has 0 fully saturated rings. The van der Waals surface area contributed by atoms with Crippen molar-refractivity contribution in [1.29, 1.82) is 10.5 Å². The van der Waals surface area contributed by atoms with Crippen LogP contribution in [0.5, 0.6) is 5.75 Å². The largest absolute Gasteiger partial charge is 0.497 e. The van der Waals surface area contributed by atoms with E-state index in [0.29, 0.717) is 23.6 Å². The Hall–Kier alpha value is -4.11. The molecular weight excluding hydrogens is 386 g/mol. The van der Waals surface area contributed by atoms with E-state index < -0.39 is 18.5 Å². The second-order valence-corrected chi connectivity index (χ2v) is 6.37. The van der Waals surface area contributed by atoms with E-state index in [1.54, 1.807) is 48.3 Å². The molecule has 1 heterocycles. The third kappa shape index (κ3) is 5.69. The van der Waals surface area contributed by atoms with Crippen LogP contribution in [0.15, 0.2) is 36.0 Å². The van der Waals surface area contributed by atoms with Crippen molar-refractivity contribution < 1.29 is 19.1 Å². The summed E-state index contributed by atoms with van der Waals surface area (Å²) in [5.74, 6) is -0.631. The molecule has 1 aromatic heterocycles. The van der Waals surface area contributed by atoms with Crippen LogP contribution in [0.4, 0.5) is 0 Å². The average Bonchev–Trinajstić information content (AvgIpc) is 3.16. The van der Waals surface area contributed by atoms with Crippen LogP contribution >= 0.6 is 0 Å². The lowest BCUT2D eigenvalue weighted by Crippen LogP contribution is -2.27. The van der Waals surface area contributed by atoms with Gasteiger partial charge in [-0.1, -0.05) is 0 Å². The zero-order valence-corrected chi connectivity index (χ0v) is 17.0. The number of rotatable bonds is 8. The van der Waals surface area contributed by atoms with E-state index in [0.717, 1.165) is 5.56 Å². The van der Waals surface area contributed by atoms with E-state index in [1.807, 2.05) is 0 Å². The minimum Gasteiger partial charge on any atom is -0.497 e. The topological polar surface area (TPSA) is 121 Å². The van der Waals surface area contributed by atoms with Crippen molar-refractivity contribution in [3.05, 3.63) is 41.6 Å². The zero-order valence-electron chi connectivity index (χ0n) is 17.0. The number of likely N-dealkylation sites (N-methyl/N-ethyl adjacent to an activating group) is 1. The van der Waals surface area contributed by atoms with Crippen LogP contribution in [0.25, 0.3) is 17.3 Å². The first kappa shape index (κ1) is 22.2. The van der Waals surface area contributed by atoms with Crippen molar-refractivity contribution in [3.63, 3.8) is 0 Å². The highest BCUT2D eigenvalue weighted by Gasteiger charge is 2.17. The maximum absolute atomic E-state index is 12.2. The quantitative estimate of drug-likeness (QED) is 0.373. The van der Waals surface area contributed by atoms with Gasteiger partial charge in [0.05, 0.1) is 31.8 Å². The molecule has 154 valence electrons. The number of aromatic nitrogens is 2. The van der Waals surface area contributed by atoms with Gasteiger partial charge in [0.15, 0.2) is 6.61 Å². The fourth-order valence-corrected chi connectivity index (χ4v) is 2.42. The number of amides is 1.